The molecule has 0 spiro atoms. The molecule has 1 fully saturated rings. The lowest BCUT2D eigenvalue weighted by molar-refractivity contribution is -0.129. The van der Waals surface area contributed by atoms with Crippen LogP contribution in [0.3, 0.4) is 0 Å². The molecule has 2 amide bonds. The predicted octanol–water partition coefficient (Wildman–Crippen LogP) is 3.64. The summed E-state index contributed by atoms with van der Waals surface area (Å²) in [5.41, 5.74) is 6.46. The van der Waals surface area contributed by atoms with Crippen molar-refractivity contribution < 1.29 is 19.1 Å². The van der Waals surface area contributed by atoms with E-state index in [1.807, 2.05) is 0 Å². The average Bonchev–Trinajstić information content (AvgIpc) is 2.70. The largest absolute Gasteiger partial charge is 0.462 e. The first-order valence-electron chi connectivity index (χ1n) is 10.1. The van der Waals surface area contributed by atoms with Gasteiger partial charge in [0.15, 0.2) is 5.17 Å². The summed E-state index contributed by atoms with van der Waals surface area (Å²) in [6.45, 7) is 4.79. The second-order valence-corrected chi connectivity index (χ2v) is 8.00. The topological polar surface area (TPSA) is 102 Å². The highest BCUT2D eigenvalue weighted by Crippen LogP contribution is 2.29. The van der Waals surface area contributed by atoms with Gasteiger partial charge in [0.2, 0.25) is 11.8 Å². The van der Waals surface area contributed by atoms with Gasteiger partial charge in [-0.1, -0.05) is 44.4 Å². The van der Waals surface area contributed by atoms with Crippen molar-refractivity contribution in [2.24, 2.45) is 10.7 Å². The third-order valence-corrected chi connectivity index (χ3v) is 5.75. The van der Waals surface area contributed by atoms with E-state index in [9.17, 15) is 14.4 Å². The molecule has 8 heteroatoms. The van der Waals surface area contributed by atoms with Crippen LogP contribution in [-0.2, 0) is 14.3 Å². The van der Waals surface area contributed by atoms with Crippen LogP contribution in [0.15, 0.2) is 29.3 Å². The molecule has 0 aliphatic carbocycles. The summed E-state index contributed by atoms with van der Waals surface area (Å²) in [4.78, 5) is 42.3. The van der Waals surface area contributed by atoms with Gasteiger partial charge in [-0.25, -0.2) is 9.79 Å². The molecule has 1 aliphatic rings. The maximum Gasteiger partial charge on any atom is 0.338 e. The van der Waals surface area contributed by atoms with Gasteiger partial charge < -0.3 is 10.5 Å². The van der Waals surface area contributed by atoms with Crippen molar-refractivity contribution in [1.82, 2.24) is 4.90 Å². The Hall–Kier alpha value is -2.35. The summed E-state index contributed by atoms with van der Waals surface area (Å²) < 4.78 is 4.98. The fourth-order valence-electron chi connectivity index (χ4n) is 2.94. The smallest absolute Gasteiger partial charge is 0.338 e. The van der Waals surface area contributed by atoms with Gasteiger partial charge in [0.25, 0.3) is 0 Å². The number of aliphatic imine (C=N–C) groups is 1. The number of carbonyl (C=O) groups excluding carboxylic acids is 3. The van der Waals surface area contributed by atoms with E-state index < -0.39 is 17.1 Å². The molecule has 158 valence electrons. The van der Waals surface area contributed by atoms with Crippen molar-refractivity contribution >= 4 is 40.4 Å². The summed E-state index contributed by atoms with van der Waals surface area (Å²) in [5, 5.41) is -0.138. The number of thioether (sulfide) groups is 1. The minimum absolute atomic E-state index is 0.0930. The van der Waals surface area contributed by atoms with Crippen LogP contribution in [0.2, 0.25) is 0 Å². The zero-order valence-electron chi connectivity index (χ0n) is 17.1. The molecule has 0 saturated carbocycles. The summed E-state index contributed by atoms with van der Waals surface area (Å²) in [6.07, 6.45) is 5.50. The normalized spacial score (nSPS) is 18.1. The quantitative estimate of drug-likeness (QED) is 0.461. The molecule has 1 unspecified atom stereocenters. The first kappa shape index (κ1) is 22.9. The Morgan fingerprint density at radius 3 is 2.48 bits per heavy atom. The lowest BCUT2D eigenvalue weighted by Crippen LogP contribution is -2.45. The Bertz CT molecular complexity index is 749. The number of hydrogen-bond acceptors (Lipinski definition) is 6. The van der Waals surface area contributed by atoms with Crippen molar-refractivity contribution in [2.75, 3.05) is 13.2 Å². The molecule has 1 saturated heterocycles. The number of amides is 2. The van der Waals surface area contributed by atoms with E-state index in [1.54, 1.807) is 36.1 Å². The number of ether oxygens (including phenoxy) is 1. The van der Waals surface area contributed by atoms with E-state index in [0.29, 0.717) is 29.6 Å². The van der Waals surface area contributed by atoms with Crippen LogP contribution in [-0.4, -0.2) is 46.3 Å². The molecule has 2 N–H and O–H groups in total. The van der Waals surface area contributed by atoms with Crippen molar-refractivity contribution in [3.05, 3.63) is 29.8 Å². The molecule has 1 aromatic carbocycles. The maximum absolute atomic E-state index is 12.6. The van der Waals surface area contributed by atoms with Crippen LogP contribution in [0.4, 0.5) is 5.69 Å². The molecule has 0 aromatic heterocycles. The second kappa shape index (κ2) is 11.6. The second-order valence-electron chi connectivity index (χ2n) is 6.83. The summed E-state index contributed by atoms with van der Waals surface area (Å²) >= 11 is 1.22. The molecule has 2 rings (SSSR count). The monoisotopic (exact) mass is 419 g/mol. The Balaban J connectivity index is 2.16. The van der Waals surface area contributed by atoms with Crippen LogP contribution >= 0.6 is 11.8 Å². The SMILES string of the molecule is CCCCCCCN1C(=O)CC(C(N)=O)SC1=Nc1ccc(C(=O)OCC)cc1. The lowest BCUT2D eigenvalue weighted by Gasteiger charge is -2.31. The molecular formula is C21H29N3O4S. The van der Waals surface area contributed by atoms with Crippen LogP contribution in [0.1, 0.15) is 62.7 Å². The van der Waals surface area contributed by atoms with Gasteiger partial charge in [-0.15, -0.1) is 0 Å². The van der Waals surface area contributed by atoms with E-state index in [2.05, 4.69) is 11.9 Å². The lowest BCUT2D eigenvalue weighted by atomic mass is 10.1. The first-order valence-corrected chi connectivity index (χ1v) is 11.0. The molecule has 1 aliphatic heterocycles. The van der Waals surface area contributed by atoms with Crippen LogP contribution in [0.25, 0.3) is 0 Å². The van der Waals surface area contributed by atoms with Crippen molar-refractivity contribution in [3.63, 3.8) is 0 Å². The number of hydrogen-bond donors (Lipinski definition) is 1. The number of carbonyl (C=O) groups is 3. The number of primary amides is 1. The Morgan fingerprint density at radius 2 is 1.86 bits per heavy atom. The molecule has 7 nitrogen and oxygen atoms in total. The third kappa shape index (κ3) is 6.88. The fraction of sp³-hybridized carbons (Fsp3) is 0.524. The van der Waals surface area contributed by atoms with Crippen LogP contribution < -0.4 is 5.73 Å². The average molecular weight is 420 g/mol. The number of nitrogens with zero attached hydrogens (tertiary/aromatic N) is 2. The summed E-state index contributed by atoms with van der Waals surface area (Å²) in [5.74, 6) is -1.04. The van der Waals surface area contributed by atoms with E-state index >= 15 is 0 Å². The number of esters is 1. The molecular weight excluding hydrogens is 390 g/mol. The Morgan fingerprint density at radius 1 is 1.17 bits per heavy atom. The zero-order chi connectivity index (χ0) is 21.2. The van der Waals surface area contributed by atoms with Gasteiger partial charge in [0.05, 0.1) is 23.1 Å². The van der Waals surface area contributed by atoms with E-state index in [1.165, 1.54) is 18.2 Å². The fourth-order valence-corrected chi connectivity index (χ4v) is 4.02. The highest BCUT2D eigenvalue weighted by atomic mass is 32.2. The number of nitrogens with two attached hydrogens (primary N) is 1. The highest BCUT2D eigenvalue weighted by Gasteiger charge is 2.34. The first-order chi connectivity index (χ1) is 14.0. The van der Waals surface area contributed by atoms with Crippen molar-refractivity contribution in [1.29, 1.82) is 0 Å². The van der Waals surface area contributed by atoms with Crippen molar-refractivity contribution in [3.8, 4) is 0 Å². The predicted molar refractivity (Wildman–Crippen MR) is 115 cm³/mol. The summed E-state index contributed by atoms with van der Waals surface area (Å²) in [7, 11) is 0. The number of rotatable bonds is 10. The number of benzene rings is 1. The Labute approximate surface area is 176 Å². The Kier molecular flexibility index (Phi) is 9.18. The zero-order valence-corrected chi connectivity index (χ0v) is 17.9. The maximum atomic E-state index is 12.6. The molecule has 0 bridgehead atoms. The van der Waals surface area contributed by atoms with E-state index in [0.717, 1.165) is 25.7 Å². The standard InChI is InChI=1S/C21H29N3O4S/c1-3-5-6-7-8-13-24-18(25)14-17(19(22)26)29-21(24)23-16-11-9-15(10-12-16)20(27)28-4-2/h9-12,17H,3-8,13-14H2,1-2H3,(H2,22,26). The van der Waals surface area contributed by atoms with Gasteiger partial charge in [0.1, 0.15) is 0 Å². The van der Waals surface area contributed by atoms with Crippen molar-refractivity contribution in [2.45, 2.75) is 57.6 Å². The van der Waals surface area contributed by atoms with E-state index in [4.69, 9.17) is 10.5 Å². The molecule has 29 heavy (non-hydrogen) atoms. The minimum Gasteiger partial charge on any atom is -0.462 e. The number of unbranched alkanes of at least 4 members (excludes halogenated alkanes) is 4. The van der Waals surface area contributed by atoms with E-state index in [-0.39, 0.29) is 12.3 Å². The molecule has 1 aromatic rings. The van der Waals surface area contributed by atoms with Gasteiger partial charge in [0, 0.05) is 13.0 Å². The van der Waals surface area contributed by atoms with Gasteiger partial charge in [-0.3, -0.25) is 14.5 Å². The van der Waals surface area contributed by atoms with Gasteiger partial charge in [-0.05, 0) is 37.6 Å². The molecule has 0 radical (unpaired) electrons. The van der Waals surface area contributed by atoms with Gasteiger partial charge >= 0.3 is 5.97 Å². The highest BCUT2D eigenvalue weighted by molar-refractivity contribution is 8.15. The molecule has 1 atom stereocenters. The minimum atomic E-state index is -0.614. The molecule has 1 heterocycles. The van der Waals surface area contributed by atoms with Crippen LogP contribution in [0, 0.1) is 0 Å². The van der Waals surface area contributed by atoms with Crippen LogP contribution in [0.5, 0.6) is 0 Å². The third-order valence-electron chi connectivity index (χ3n) is 4.55. The number of amidine groups is 1. The summed E-state index contributed by atoms with van der Waals surface area (Å²) in [6, 6.07) is 6.65. The van der Waals surface area contributed by atoms with Gasteiger partial charge in [-0.2, -0.15) is 0 Å².